The minimum Gasteiger partial charge on any atom is -0.396 e. The molecule has 0 saturated carbocycles. The third kappa shape index (κ3) is 2.90. The molecular formula is C12H13FN4. The maximum absolute atomic E-state index is 13.0. The van der Waals surface area contributed by atoms with Crippen LogP contribution in [0.5, 0.6) is 0 Å². The Morgan fingerprint density at radius 2 is 2.00 bits per heavy atom. The second kappa shape index (κ2) is 4.78. The van der Waals surface area contributed by atoms with Crippen LogP contribution in [-0.4, -0.2) is 17.0 Å². The van der Waals surface area contributed by atoms with Crippen molar-refractivity contribution in [1.82, 2.24) is 9.97 Å². The van der Waals surface area contributed by atoms with Gasteiger partial charge < -0.3 is 10.6 Å². The number of nitrogens with zero attached hydrogens (tertiary/aromatic N) is 3. The second-order valence-corrected chi connectivity index (χ2v) is 3.80. The molecule has 1 heterocycles. The summed E-state index contributed by atoms with van der Waals surface area (Å²) < 4.78 is 13.0. The Kier molecular flexibility index (Phi) is 3.18. The van der Waals surface area contributed by atoms with Crippen molar-refractivity contribution in [2.45, 2.75) is 6.54 Å². The van der Waals surface area contributed by atoms with E-state index in [1.54, 1.807) is 18.5 Å². The van der Waals surface area contributed by atoms with E-state index in [9.17, 15) is 4.39 Å². The molecule has 0 spiro atoms. The van der Waals surface area contributed by atoms with E-state index >= 15 is 0 Å². The maximum Gasteiger partial charge on any atom is 0.225 e. The second-order valence-electron chi connectivity index (χ2n) is 3.80. The van der Waals surface area contributed by atoms with E-state index in [4.69, 9.17) is 5.73 Å². The van der Waals surface area contributed by atoms with Gasteiger partial charge in [-0.1, -0.05) is 12.1 Å². The number of anilines is 2. The number of hydrogen-bond donors (Lipinski definition) is 1. The minimum atomic E-state index is -0.242. The minimum absolute atomic E-state index is 0.242. The molecule has 5 heteroatoms. The van der Waals surface area contributed by atoms with Crippen molar-refractivity contribution in [3.63, 3.8) is 0 Å². The van der Waals surface area contributed by atoms with E-state index < -0.39 is 0 Å². The van der Waals surface area contributed by atoms with Crippen LogP contribution in [0.1, 0.15) is 5.56 Å². The van der Waals surface area contributed by atoms with E-state index in [2.05, 4.69) is 9.97 Å². The molecule has 0 bridgehead atoms. The number of rotatable bonds is 3. The molecule has 0 saturated heterocycles. The first-order chi connectivity index (χ1) is 8.15. The monoisotopic (exact) mass is 232 g/mol. The zero-order chi connectivity index (χ0) is 12.3. The number of nitrogens with two attached hydrogens (primary N) is 1. The normalized spacial score (nSPS) is 10.2. The highest BCUT2D eigenvalue weighted by molar-refractivity contribution is 5.38. The van der Waals surface area contributed by atoms with Gasteiger partial charge in [0.25, 0.3) is 0 Å². The zero-order valence-electron chi connectivity index (χ0n) is 9.47. The summed E-state index contributed by atoms with van der Waals surface area (Å²) in [6, 6.07) is 6.45. The predicted octanol–water partition coefficient (Wildman–Crippen LogP) is 1.83. The molecule has 0 atom stereocenters. The van der Waals surface area contributed by atoms with Crippen molar-refractivity contribution in [1.29, 1.82) is 0 Å². The van der Waals surface area contributed by atoms with Gasteiger partial charge in [0.15, 0.2) is 0 Å². The van der Waals surface area contributed by atoms with Crippen LogP contribution in [0.25, 0.3) is 0 Å². The molecule has 2 rings (SSSR count). The quantitative estimate of drug-likeness (QED) is 0.877. The Hall–Kier alpha value is -2.17. The first kappa shape index (κ1) is 11.3. The molecule has 0 aliphatic heterocycles. The van der Waals surface area contributed by atoms with E-state index in [1.165, 1.54) is 12.1 Å². The summed E-state index contributed by atoms with van der Waals surface area (Å²) in [7, 11) is 1.84. The van der Waals surface area contributed by atoms with E-state index in [1.807, 2.05) is 18.0 Å². The molecule has 88 valence electrons. The molecule has 0 aliphatic rings. The van der Waals surface area contributed by atoms with Gasteiger partial charge in [0.1, 0.15) is 5.82 Å². The Labute approximate surface area is 98.9 Å². The summed E-state index contributed by atoms with van der Waals surface area (Å²) >= 11 is 0. The van der Waals surface area contributed by atoms with Gasteiger partial charge >= 0.3 is 0 Å². The molecule has 0 aliphatic carbocycles. The topological polar surface area (TPSA) is 55.0 Å². The fraction of sp³-hybridized carbons (Fsp3) is 0.167. The van der Waals surface area contributed by atoms with Crippen molar-refractivity contribution in [2.75, 3.05) is 17.7 Å². The van der Waals surface area contributed by atoms with Gasteiger partial charge in [0.05, 0.1) is 18.1 Å². The molecule has 2 N–H and O–H groups in total. The highest BCUT2D eigenvalue weighted by Crippen LogP contribution is 2.11. The Morgan fingerprint density at radius 1 is 1.29 bits per heavy atom. The average Bonchev–Trinajstić information content (AvgIpc) is 2.29. The van der Waals surface area contributed by atoms with Gasteiger partial charge in [-0.25, -0.2) is 14.4 Å². The van der Waals surface area contributed by atoms with Crippen molar-refractivity contribution in [3.8, 4) is 0 Å². The molecule has 0 radical (unpaired) electrons. The van der Waals surface area contributed by atoms with Crippen molar-refractivity contribution in [3.05, 3.63) is 48.0 Å². The lowest BCUT2D eigenvalue weighted by Crippen LogP contribution is -2.19. The highest BCUT2D eigenvalue weighted by Gasteiger charge is 2.05. The lowest BCUT2D eigenvalue weighted by molar-refractivity contribution is 0.625. The van der Waals surface area contributed by atoms with Crippen LogP contribution < -0.4 is 10.6 Å². The van der Waals surface area contributed by atoms with Crippen LogP contribution in [0.15, 0.2) is 36.7 Å². The highest BCUT2D eigenvalue weighted by atomic mass is 19.1. The first-order valence-corrected chi connectivity index (χ1v) is 5.18. The number of benzene rings is 1. The summed E-state index contributed by atoms with van der Waals surface area (Å²) in [4.78, 5) is 10.0. The zero-order valence-corrected chi connectivity index (χ0v) is 9.47. The first-order valence-electron chi connectivity index (χ1n) is 5.18. The summed E-state index contributed by atoms with van der Waals surface area (Å²) in [5, 5.41) is 0. The van der Waals surface area contributed by atoms with Crippen LogP contribution in [0, 0.1) is 5.82 Å². The number of halogens is 1. The van der Waals surface area contributed by atoms with Gasteiger partial charge in [-0.05, 0) is 17.7 Å². The molecule has 0 unspecified atom stereocenters. The smallest absolute Gasteiger partial charge is 0.225 e. The van der Waals surface area contributed by atoms with Crippen LogP contribution in [0.3, 0.4) is 0 Å². The molecule has 0 amide bonds. The molecule has 1 aromatic carbocycles. The van der Waals surface area contributed by atoms with Gasteiger partial charge in [-0.15, -0.1) is 0 Å². The van der Waals surface area contributed by atoms with Crippen molar-refractivity contribution >= 4 is 11.6 Å². The molecule has 2 aromatic rings. The summed E-state index contributed by atoms with van der Waals surface area (Å²) in [5.74, 6) is 0.317. The van der Waals surface area contributed by atoms with Crippen LogP contribution >= 0.6 is 0 Å². The molecule has 4 nitrogen and oxygen atoms in total. The molecule has 17 heavy (non-hydrogen) atoms. The van der Waals surface area contributed by atoms with Gasteiger partial charge in [0, 0.05) is 13.6 Å². The van der Waals surface area contributed by atoms with Gasteiger partial charge in [0.2, 0.25) is 5.95 Å². The average molecular weight is 232 g/mol. The summed E-state index contributed by atoms with van der Waals surface area (Å²) in [6.07, 6.45) is 3.09. The maximum atomic E-state index is 13.0. The Morgan fingerprint density at radius 3 is 2.65 bits per heavy atom. The fourth-order valence-corrected chi connectivity index (χ4v) is 1.51. The summed E-state index contributed by atoms with van der Waals surface area (Å²) in [6.45, 7) is 0.543. The molecule has 1 aromatic heterocycles. The lowest BCUT2D eigenvalue weighted by Gasteiger charge is -2.16. The SMILES string of the molecule is CN(Cc1cccc(F)c1)c1ncc(N)cn1. The van der Waals surface area contributed by atoms with Crippen molar-refractivity contribution in [2.24, 2.45) is 0 Å². The number of nitrogen functional groups attached to an aromatic ring is 1. The van der Waals surface area contributed by atoms with E-state index in [-0.39, 0.29) is 5.82 Å². The molecular weight excluding hydrogens is 219 g/mol. The number of hydrogen-bond acceptors (Lipinski definition) is 4. The Balaban J connectivity index is 2.11. The predicted molar refractivity (Wildman–Crippen MR) is 65.0 cm³/mol. The Bertz CT molecular complexity index is 498. The number of aromatic nitrogens is 2. The van der Waals surface area contributed by atoms with Gasteiger partial charge in [-0.3, -0.25) is 0 Å². The van der Waals surface area contributed by atoms with E-state index in [0.29, 0.717) is 18.2 Å². The third-order valence-corrected chi connectivity index (χ3v) is 2.31. The van der Waals surface area contributed by atoms with Crippen molar-refractivity contribution < 1.29 is 4.39 Å². The standard InChI is InChI=1S/C12H13FN4/c1-17(12-15-6-11(14)7-16-12)8-9-3-2-4-10(13)5-9/h2-7H,8,14H2,1H3. The van der Waals surface area contributed by atoms with Crippen LogP contribution in [0.4, 0.5) is 16.0 Å². The largest absolute Gasteiger partial charge is 0.396 e. The summed E-state index contributed by atoms with van der Waals surface area (Å²) in [5.41, 5.74) is 6.90. The fourth-order valence-electron chi connectivity index (χ4n) is 1.51. The molecule has 0 fully saturated rings. The van der Waals surface area contributed by atoms with Gasteiger partial charge in [-0.2, -0.15) is 0 Å². The van der Waals surface area contributed by atoms with Crippen LogP contribution in [0.2, 0.25) is 0 Å². The third-order valence-electron chi connectivity index (χ3n) is 2.31. The lowest BCUT2D eigenvalue weighted by atomic mass is 10.2. The van der Waals surface area contributed by atoms with Crippen LogP contribution in [-0.2, 0) is 6.54 Å². The van der Waals surface area contributed by atoms with E-state index in [0.717, 1.165) is 5.56 Å².